The second-order valence-corrected chi connectivity index (χ2v) is 6.22. The molecule has 3 rings (SSSR count). The van der Waals surface area contributed by atoms with Gasteiger partial charge in [0.05, 0.1) is 23.2 Å². The quantitative estimate of drug-likeness (QED) is 0.941. The zero-order valence-corrected chi connectivity index (χ0v) is 14.0. The number of para-hydroxylation sites is 2. The minimum atomic E-state index is -0.0224. The molecule has 2 aromatic rings. The number of carbonyl (C=O) groups excluding carboxylic acids is 1. The van der Waals surface area contributed by atoms with Gasteiger partial charge < -0.3 is 19.5 Å². The number of nitrogens with one attached hydrogen (secondary N) is 1. The Kier molecular flexibility index (Phi) is 4.52. The van der Waals surface area contributed by atoms with Gasteiger partial charge in [-0.05, 0) is 26.0 Å². The molecule has 0 saturated carbocycles. The first kappa shape index (κ1) is 15.8. The summed E-state index contributed by atoms with van der Waals surface area (Å²) in [5.74, 6) is 0.982. The van der Waals surface area contributed by atoms with Crippen LogP contribution in [0.15, 0.2) is 24.3 Å². The molecular weight excluding hydrogens is 292 g/mol. The van der Waals surface area contributed by atoms with Gasteiger partial charge in [0.1, 0.15) is 5.82 Å². The lowest BCUT2D eigenvalue weighted by atomic mass is 10.2. The van der Waals surface area contributed by atoms with Crippen LogP contribution in [0.2, 0.25) is 0 Å². The Balaban J connectivity index is 1.56. The van der Waals surface area contributed by atoms with Crippen molar-refractivity contribution in [3.8, 4) is 0 Å². The molecule has 0 radical (unpaired) electrons. The van der Waals surface area contributed by atoms with Crippen LogP contribution in [-0.4, -0.2) is 52.3 Å². The Bertz CT molecular complexity index is 687. The van der Waals surface area contributed by atoms with Gasteiger partial charge >= 0.3 is 6.03 Å². The van der Waals surface area contributed by atoms with E-state index < -0.39 is 0 Å². The average Bonchev–Trinajstić information content (AvgIpc) is 2.83. The summed E-state index contributed by atoms with van der Waals surface area (Å²) in [7, 11) is 2.01. The van der Waals surface area contributed by atoms with Gasteiger partial charge in [-0.1, -0.05) is 12.1 Å². The maximum atomic E-state index is 12.3. The predicted octanol–water partition coefficient (Wildman–Crippen LogP) is 1.93. The average molecular weight is 316 g/mol. The molecular formula is C17H24N4O2. The summed E-state index contributed by atoms with van der Waals surface area (Å²) >= 11 is 0. The molecule has 6 nitrogen and oxygen atoms in total. The summed E-state index contributed by atoms with van der Waals surface area (Å²) in [6, 6.07) is 8.04. The van der Waals surface area contributed by atoms with Crippen molar-refractivity contribution in [2.75, 3.05) is 19.6 Å². The fourth-order valence-corrected chi connectivity index (χ4v) is 3.16. The number of ether oxygens (including phenoxy) is 1. The van der Waals surface area contributed by atoms with Gasteiger partial charge in [-0.25, -0.2) is 9.78 Å². The van der Waals surface area contributed by atoms with Crippen LogP contribution in [0.3, 0.4) is 0 Å². The molecule has 2 atom stereocenters. The molecule has 6 heteroatoms. The molecule has 1 aliphatic rings. The Morgan fingerprint density at radius 2 is 2.00 bits per heavy atom. The molecule has 2 heterocycles. The maximum Gasteiger partial charge on any atom is 0.317 e. The minimum Gasteiger partial charge on any atom is -0.372 e. The minimum absolute atomic E-state index is 0.0224. The molecule has 1 fully saturated rings. The van der Waals surface area contributed by atoms with E-state index >= 15 is 0 Å². The molecule has 0 unspecified atom stereocenters. The van der Waals surface area contributed by atoms with E-state index in [1.54, 1.807) is 0 Å². The number of fused-ring (bicyclic) bond motifs is 1. The van der Waals surface area contributed by atoms with Crippen molar-refractivity contribution in [1.29, 1.82) is 0 Å². The standard InChI is InChI=1S/C17H24N4O2/c1-12-10-21(11-13(2)23-12)17(22)18-9-8-16-19-14-6-4-5-7-15(14)20(16)3/h4-7,12-13H,8-11H2,1-3H3,(H,18,22)/t12-,13+. The Labute approximate surface area is 136 Å². The monoisotopic (exact) mass is 316 g/mol. The number of benzene rings is 1. The number of carbonyl (C=O) groups is 1. The molecule has 124 valence electrons. The molecule has 1 aromatic carbocycles. The first-order chi connectivity index (χ1) is 11.0. The van der Waals surface area contributed by atoms with Gasteiger partial charge in [0.2, 0.25) is 0 Å². The summed E-state index contributed by atoms with van der Waals surface area (Å²) in [4.78, 5) is 18.7. The number of morpholine rings is 1. The summed E-state index contributed by atoms with van der Waals surface area (Å²) in [5, 5.41) is 2.99. The van der Waals surface area contributed by atoms with E-state index in [-0.39, 0.29) is 18.2 Å². The predicted molar refractivity (Wildman–Crippen MR) is 89.4 cm³/mol. The van der Waals surface area contributed by atoms with E-state index in [1.807, 2.05) is 44.0 Å². The zero-order chi connectivity index (χ0) is 16.4. The largest absolute Gasteiger partial charge is 0.372 e. The summed E-state index contributed by atoms with van der Waals surface area (Å²) in [6.07, 6.45) is 0.889. The van der Waals surface area contributed by atoms with Crippen molar-refractivity contribution in [1.82, 2.24) is 19.8 Å². The van der Waals surface area contributed by atoms with Crippen LogP contribution < -0.4 is 5.32 Å². The van der Waals surface area contributed by atoms with E-state index in [1.165, 1.54) is 0 Å². The highest BCUT2D eigenvalue weighted by molar-refractivity contribution is 5.76. The van der Waals surface area contributed by atoms with Crippen LogP contribution in [0.4, 0.5) is 4.79 Å². The number of aryl methyl sites for hydroxylation is 1. The number of rotatable bonds is 3. The lowest BCUT2D eigenvalue weighted by molar-refractivity contribution is -0.0544. The van der Waals surface area contributed by atoms with Crippen molar-refractivity contribution in [2.45, 2.75) is 32.5 Å². The van der Waals surface area contributed by atoms with Crippen LogP contribution >= 0.6 is 0 Å². The molecule has 2 amide bonds. The van der Waals surface area contributed by atoms with Crippen molar-refractivity contribution >= 4 is 17.1 Å². The summed E-state index contributed by atoms with van der Waals surface area (Å²) in [5.41, 5.74) is 2.11. The van der Waals surface area contributed by atoms with Crippen LogP contribution in [-0.2, 0) is 18.2 Å². The number of hydrogen-bond donors (Lipinski definition) is 1. The molecule has 1 saturated heterocycles. The highest BCUT2D eigenvalue weighted by Gasteiger charge is 2.25. The van der Waals surface area contributed by atoms with Crippen molar-refractivity contribution < 1.29 is 9.53 Å². The Morgan fingerprint density at radius 3 is 2.70 bits per heavy atom. The number of hydrogen-bond acceptors (Lipinski definition) is 3. The van der Waals surface area contributed by atoms with E-state index in [0.29, 0.717) is 26.1 Å². The summed E-state index contributed by atoms with van der Waals surface area (Å²) < 4.78 is 7.74. The first-order valence-electron chi connectivity index (χ1n) is 8.13. The van der Waals surface area contributed by atoms with Crippen LogP contribution in [0, 0.1) is 0 Å². The number of imidazole rings is 1. The van der Waals surface area contributed by atoms with Gasteiger partial charge in [-0.3, -0.25) is 0 Å². The molecule has 23 heavy (non-hydrogen) atoms. The number of aromatic nitrogens is 2. The highest BCUT2D eigenvalue weighted by Crippen LogP contribution is 2.14. The highest BCUT2D eigenvalue weighted by atomic mass is 16.5. The topological polar surface area (TPSA) is 59.4 Å². The van der Waals surface area contributed by atoms with Crippen molar-refractivity contribution in [3.63, 3.8) is 0 Å². The smallest absolute Gasteiger partial charge is 0.317 e. The van der Waals surface area contributed by atoms with Crippen LogP contribution in [0.1, 0.15) is 19.7 Å². The van der Waals surface area contributed by atoms with Gasteiger partial charge in [0.25, 0.3) is 0 Å². The van der Waals surface area contributed by atoms with E-state index in [2.05, 4.69) is 20.9 Å². The van der Waals surface area contributed by atoms with Gasteiger partial charge in [0.15, 0.2) is 0 Å². The third kappa shape index (κ3) is 3.47. The molecule has 0 aliphatic carbocycles. The fourth-order valence-electron chi connectivity index (χ4n) is 3.16. The van der Waals surface area contributed by atoms with E-state index in [0.717, 1.165) is 16.9 Å². The van der Waals surface area contributed by atoms with E-state index in [9.17, 15) is 4.79 Å². The molecule has 1 N–H and O–H groups in total. The van der Waals surface area contributed by atoms with Gasteiger partial charge in [-0.15, -0.1) is 0 Å². The van der Waals surface area contributed by atoms with Gasteiger partial charge in [-0.2, -0.15) is 0 Å². The van der Waals surface area contributed by atoms with Crippen molar-refractivity contribution in [3.05, 3.63) is 30.1 Å². The Hall–Kier alpha value is -2.08. The number of amides is 2. The normalized spacial score (nSPS) is 21.6. The lowest BCUT2D eigenvalue weighted by Gasteiger charge is -2.35. The zero-order valence-electron chi connectivity index (χ0n) is 14.0. The second-order valence-electron chi connectivity index (χ2n) is 6.22. The number of nitrogens with zero attached hydrogens (tertiary/aromatic N) is 3. The van der Waals surface area contributed by atoms with Crippen LogP contribution in [0.5, 0.6) is 0 Å². The fraction of sp³-hybridized carbons (Fsp3) is 0.529. The third-order valence-corrected chi connectivity index (χ3v) is 4.21. The van der Waals surface area contributed by atoms with E-state index in [4.69, 9.17) is 4.74 Å². The molecule has 0 spiro atoms. The van der Waals surface area contributed by atoms with Crippen molar-refractivity contribution in [2.24, 2.45) is 7.05 Å². The maximum absolute atomic E-state index is 12.3. The molecule has 1 aromatic heterocycles. The third-order valence-electron chi connectivity index (χ3n) is 4.21. The Morgan fingerprint density at radius 1 is 1.30 bits per heavy atom. The SMILES string of the molecule is C[C@@H]1CN(C(=O)NCCc2nc3ccccc3n2C)C[C@H](C)O1. The summed E-state index contributed by atoms with van der Waals surface area (Å²) in [6.45, 7) is 5.85. The molecule has 0 bridgehead atoms. The molecule has 1 aliphatic heterocycles. The first-order valence-corrected chi connectivity index (χ1v) is 8.13. The lowest BCUT2D eigenvalue weighted by Crippen LogP contribution is -2.51. The number of urea groups is 1. The van der Waals surface area contributed by atoms with Crippen LogP contribution in [0.25, 0.3) is 11.0 Å². The van der Waals surface area contributed by atoms with Gasteiger partial charge in [0, 0.05) is 33.1 Å². The second kappa shape index (κ2) is 6.58.